The van der Waals surface area contributed by atoms with E-state index in [4.69, 9.17) is 26.4 Å². The summed E-state index contributed by atoms with van der Waals surface area (Å²) in [6.07, 6.45) is 1.84. The Labute approximate surface area is 189 Å². The highest BCUT2D eigenvalue weighted by Gasteiger charge is 2.34. The van der Waals surface area contributed by atoms with Crippen molar-refractivity contribution < 1.29 is 19.0 Å². The molecule has 31 heavy (non-hydrogen) atoms. The molecule has 2 aliphatic rings. The summed E-state index contributed by atoms with van der Waals surface area (Å²) in [6, 6.07) is 23.0. The topological polar surface area (TPSA) is 48.0 Å². The Kier molecular flexibility index (Phi) is 5.36. The Balaban J connectivity index is 1.29. The predicted octanol–water partition coefficient (Wildman–Crippen LogP) is 5.40. The van der Waals surface area contributed by atoms with E-state index >= 15 is 0 Å². The van der Waals surface area contributed by atoms with Gasteiger partial charge in [0.2, 0.25) is 6.79 Å². The van der Waals surface area contributed by atoms with Crippen LogP contribution in [0.25, 0.3) is 6.08 Å². The van der Waals surface area contributed by atoms with Crippen LogP contribution in [0.15, 0.2) is 77.7 Å². The molecule has 5 rings (SSSR count). The van der Waals surface area contributed by atoms with E-state index in [0.717, 1.165) is 16.9 Å². The number of fused-ring (bicyclic) bond motifs is 1. The van der Waals surface area contributed by atoms with Crippen LogP contribution in [-0.2, 0) is 11.4 Å². The van der Waals surface area contributed by atoms with Gasteiger partial charge in [-0.15, -0.1) is 0 Å². The maximum atomic E-state index is 13.0. The van der Waals surface area contributed by atoms with Crippen molar-refractivity contribution in [2.75, 3.05) is 11.7 Å². The van der Waals surface area contributed by atoms with Crippen molar-refractivity contribution in [2.45, 2.75) is 6.61 Å². The number of rotatable bonds is 5. The van der Waals surface area contributed by atoms with Crippen molar-refractivity contribution in [3.05, 3.63) is 88.8 Å². The fraction of sp³-hybridized carbons (Fsp3) is 0.0833. The Morgan fingerprint density at radius 2 is 1.77 bits per heavy atom. The minimum absolute atomic E-state index is 0.154. The lowest BCUT2D eigenvalue weighted by Gasteiger charge is -2.14. The number of anilines is 1. The lowest BCUT2D eigenvalue weighted by molar-refractivity contribution is -0.113. The molecule has 0 bridgehead atoms. The second-order valence-corrected chi connectivity index (χ2v) is 8.57. The second kappa shape index (κ2) is 8.45. The highest BCUT2D eigenvalue weighted by atomic mass is 32.2. The number of hydrogen-bond acceptors (Lipinski definition) is 6. The molecule has 7 heteroatoms. The largest absolute Gasteiger partial charge is 0.489 e. The van der Waals surface area contributed by atoms with Crippen LogP contribution >= 0.6 is 24.0 Å². The molecule has 0 unspecified atom stereocenters. The van der Waals surface area contributed by atoms with Crippen LogP contribution < -0.4 is 19.1 Å². The zero-order valence-electron chi connectivity index (χ0n) is 16.3. The smallest absolute Gasteiger partial charge is 0.270 e. The van der Waals surface area contributed by atoms with Gasteiger partial charge in [-0.05, 0) is 41.5 Å². The number of ether oxygens (including phenoxy) is 3. The Hall–Kier alpha value is -3.29. The van der Waals surface area contributed by atoms with E-state index in [1.807, 2.05) is 60.7 Å². The molecule has 1 saturated heterocycles. The summed E-state index contributed by atoms with van der Waals surface area (Å²) in [5, 5.41) is 0. The van der Waals surface area contributed by atoms with Gasteiger partial charge < -0.3 is 14.2 Å². The van der Waals surface area contributed by atoms with Crippen LogP contribution in [0.2, 0.25) is 0 Å². The van der Waals surface area contributed by atoms with Crippen molar-refractivity contribution in [1.82, 2.24) is 0 Å². The van der Waals surface area contributed by atoms with Crippen LogP contribution in [0, 0.1) is 0 Å². The number of thiocarbonyl (C=S) groups is 1. The third-order valence-corrected chi connectivity index (χ3v) is 6.14. The van der Waals surface area contributed by atoms with E-state index in [1.165, 1.54) is 16.7 Å². The van der Waals surface area contributed by atoms with Crippen molar-refractivity contribution in [1.29, 1.82) is 0 Å². The van der Waals surface area contributed by atoms with E-state index in [1.54, 1.807) is 18.2 Å². The molecule has 0 aliphatic carbocycles. The summed E-state index contributed by atoms with van der Waals surface area (Å²) >= 11 is 6.74. The first-order chi connectivity index (χ1) is 15.2. The van der Waals surface area contributed by atoms with E-state index in [0.29, 0.717) is 33.0 Å². The number of hydrogen-bond donors (Lipinski definition) is 0. The standard InChI is InChI=1S/C24H17NO4S2/c26-23-22(31-24(30)25(23)18-8-11-20-21(13-18)29-15-28-20)12-16-6-9-19(10-7-16)27-14-17-4-2-1-3-5-17/h1-13H,14-15H2/b22-12+. The molecule has 3 aromatic carbocycles. The molecule has 2 aliphatic heterocycles. The van der Waals surface area contributed by atoms with Crippen LogP contribution in [0.1, 0.15) is 11.1 Å². The van der Waals surface area contributed by atoms with Gasteiger partial charge in [0.1, 0.15) is 12.4 Å². The third-order valence-electron chi connectivity index (χ3n) is 4.83. The van der Waals surface area contributed by atoms with Crippen molar-refractivity contribution in [3.8, 4) is 17.2 Å². The second-order valence-electron chi connectivity index (χ2n) is 6.90. The third kappa shape index (κ3) is 4.15. The fourth-order valence-electron chi connectivity index (χ4n) is 3.27. The number of amides is 1. The molecule has 154 valence electrons. The van der Waals surface area contributed by atoms with Gasteiger partial charge in [-0.3, -0.25) is 9.69 Å². The average molecular weight is 448 g/mol. The Morgan fingerprint density at radius 3 is 2.58 bits per heavy atom. The lowest BCUT2D eigenvalue weighted by Crippen LogP contribution is -2.27. The molecule has 2 heterocycles. The van der Waals surface area contributed by atoms with Crippen LogP contribution in [0.3, 0.4) is 0 Å². The normalized spacial score (nSPS) is 16.3. The number of nitrogens with zero attached hydrogens (tertiary/aromatic N) is 1. The van der Waals surface area contributed by atoms with Gasteiger partial charge in [0.25, 0.3) is 5.91 Å². The molecule has 0 radical (unpaired) electrons. The minimum atomic E-state index is -0.154. The van der Waals surface area contributed by atoms with Crippen LogP contribution in [0.5, 0.6) is 17.2 Å². The first kappa shape index (κ1) is 19.7. The minimum Gasteiger partial charge on any atom is -0.489 e. The SMILES string of the molecule is O=C1/C(=C\c2ccc(OCc3ccccc3)cc2)SC(=S)N1c1ccc2c(c1)OCO2. The average Bonchev–Trinajstić information content (AvgIpc) is 3.37. The predicted molar refractivity (Wildman–Crippen MR) is 125 cm³/mol. The van der Waals surface area contributed by atoms with Crippen molar-refractivity contribution >= 4 is 46.0 Å². The maximum absolute atomic E-state index is 13.0. The molecule has 5 nitrogen and oxygen atoms in total. The van der Waals surface area contributed by atoms with Crippen molar-refractivity contribution in [3.63, 3.8) is 0 Å². The summed E-state index contributed by atoms with van der Waals surface area (Å²) < 4.78 is 17.1. The summed E-state index contributed by atoms with van der Waals surface area (Å²) in [5.41, 5.74) is 2.68. The summed E-state index contributed by atoms with van der Waals surface area (Å²) in [4.78, 5) is 15.1. The molecule has 1 fully saturated rings. The molecule has 0 spiro atoms. The quantitative estimate of drug-likeness (QED) is 0.386. The Morgan fingerprint density at radius 1 is 1.00 bits per heavy atom. The summed E-state index contributed by atoms with van der Waals surface area (Å²) in [5.74, 6) is 1.90. The molecular formula is C24H17NO4S2. The highest BCUT2D eigenvalue weighted by Crippen LogP contribution is 2.40. The zero-order chi connectivity index (χ0) is 21.2. The number of carbonyl (C=O) groups excluding carboxylic acids is 1. The molecule has 0 atom stereocenters. The van der Waals surface area contributed by atoms with Crippen LogP contribution in [-0.4, -0.2) is 17.0 Å². The molecular weight excluding hydrogens is 430 g/mol. The van der Waals surface area contributed by atoms with Gasteiger partial charge >= 0.3 is 0 Å². The summed E-state index contributed by atoms with van der Waals surface area (Å²) in [7, 11) is 0. The van der Waals surface area contributed by atoms with Gasteiger partial charge in [0.15, 0.2) is 15.8 Å². The monoisotopic (exact) mass is 447 g/mol. The van der Waals surface area contributed by atoms with Crippen LogP contribution in [0.4, 0.5) is 5.69 Å². The zero-order valence-corrected chi connectivity index (χ0v) is 17.9. The maximum Gasteiger partial charge on any atom is 0.270 e. The van der Waals surface area contributed by atoms with Gasteiger partial charge in [-0.25, -0.2) is 0 Å². The van der Waals surface area contributed by atoms with Gasteiger partial charge in [-0.2, -0.15) is 0 Å². The molecule has 0 aromatic heterocycles. The highest BCUT2D eigenvalue weighted by molar-refractivity contribution is 8.27. The molecule has 3 aromatic rings. The first-order valence-corrected chi connectivity index (χ1v) is 10.8. The van der Waals surface area contributed by atoms with Gasteiger partial charge in [-0.1, -0.05) is 66.4 Å². The van der Waals surface area contributed by atoms with E-state index < -0.39 is 0 Å². The molecule has 1 amide bonds. The van der Waals surface area contributed by atoms with Gasteiger partial charge in [0, 0.05) is 6.07 Å². The number of thioether (sulfide) groups is 1. The lowest BCUT2D eigenvalue weighted by atomic mass is 10.2. The van der Waals surface area contributed by atoms with E-state index in [-0.39, 0.29) is 12.7 Å². The first-order valence-electron chi connectivity index (χ1n) is 9.62. The van der Waals surface area contributed by atoms with E-state index in [2.05, 4.69) is 0 Å². The molecule has 0 saturated carbocycles. The number of benzene rings is 3. The molecule has 0 N–H and O–H groups in total. The number of carbonyl (C=O) groups is 1. The fourth-order valence-corrected chi connectivity index (χ4v) is 4.57. The van der Waals surface area contributed by atoms with E-state index in [9.17, 15) is 4.79 Å². The Bertz CT molecular complexity index is 1180. The van der Waals surface area contributed by atoms with Gasteiger partial charge in [0.05, 0.1) is 10.6 Å². The van der Waals surface area contributed by atoms with Crippen molar-refractivity contribution in [2.24, 2.45) is 0 Å². The summed E-state index contributed by atoms with van der Waals surface area (Å²) in [6.45, 7) is 0.691.